The summed E-state index contributed by atoms with van der Waals surface area (Å²) in [5.74, 6) is 0. The van der Waals surface area contributed by atoms with Gasteiger partial charge in [0.15, 0.2) is 0 Å². The summed E-state index contributed by atoms with van der Waals surface area (Å²) in [5, 5.41) is 2.58. The summed E-state index contributed by atoms with van der Waals surface area (Å²) in [6.07, 6.45) is 0. The van der Waals surface area contributed by atoms with Gasteiger partial charge in [-0.3, -0.25) is 0 Å². The van der Waals surface area contributed by atoms with Crippen LogP contribution in [0.1, 0.15) is 47.2 Å². The lowest BCUT2D eigenvalue weighted by Crippen LogP contribution is -2.40. The number of benzene rings is 8. The zero-order chi connectivity index (χ0) is 36.0. The van der Waals surface area contributed by atoms with Crippen LogP contribution in [-0.2, 0) is 10.8 Å². The summed E-state index contributed by atoms with van der Waals surface area (Å²) in [6, 6.07) is 69.9. The molecule has 1 nitrogen and oxygen atoms in total. The van der Waals surface area contributed by atoms with Gasteiger partial charge in [0.1, 0.15) is 0 Å². The van der Waals surface area contributed by atoms with Crippen molar-refractivity contribution in [2.75, 3.05) is 4.90 Å². The number of anilines is 3. The Labute approximate surface area is 320 Å². The molecule has 0 aliphatic heterocycles. The highest BCUT2D eigenvalue weighted by atomic mass is 32.1. The van der Waals surface area contributed by atoms with E-state index in [4.69, 9.17) is 0 Å². The van der Waals surface area contributed by atoms with E-state index in [-0.39, 0.29) is 5.41 Å². The molecule has 8 aromatic carbocycles. The second kappa shape index (κ2) is 11.6. The highest BCUT2D eigenvalue weighted by Crippen LogP contribution is 2.62. The fourth-order valence-corrected chi connectivity index (χ4v) is 11.2. The summed E-state index contributed by atoms with van der Waals surface area (Å²) in [5.41, 5.74) is 16.5. The molecule has 54 heavy (non-hydrogen) atoms. The van der Waals surface area contributed by atoms with Gasteiger partial charge in [-0.2, -0.15) is 0 Å². The van der Waals surface area contributed by atoms with Crippen LogP contribution in [0.5, 0.6) is 0 Å². The summed E-state index contributed by atoms with van der Waals surface area (Å²) >= 11 is 1.91. The van der Waals surface area contributed by atoms with Crippen LogP contribution in [0.25, 0.3) is 42.4 Å². The first kappa shape index (κ1) is 31.3. The normalized spacial score (nSPS) is 14.4. The van der Waals surface area contributed by atoms with Crippen molar-refractivity contribution in [3.63, 3.8) is 0 Å². The molecule has 0 fully saturated rings. The Hall–Kier alpha value is -6.22. The van der Waals surface area contributed by atoms with Crippen LogP contribution in [-0.4, -0.2) is 0 Å². The Bertz CT molecular complexity index is 2830. The number of thiophene rings is 1. The molecule has 0 unspecified atom stereocenters. The van der Waals surface area contributed by atoms with Crippen LogP contribution >= 0.6 is 11.3 Å². The molecular weight excluding hydrogens is 671 g/mol. The standard InChI is InChI=1S/C52H37NS/c1-51(2)43-26-11-13-28-45(43)52(46-29-14-12-27-44(46)51)42-25-10-9-21-38(42)39-32-31-34(33-47(39)52)37-22-15-23-40-41-24-16-30-48(50(41)54-49(37)40)53(35-17-5-3-6-18-35)36-19-7-4-8-20-36/h3-33H,1-2H3. The largest absolute Gasteiger partial charge is 0.309 e. The Kier molecular flexibility index (Phi) is 6.75. The first-order chi connectivity index (χ1) is 26.6. The minimum absolute atomic E-state index is 0.124. The molecular formula is C52H37NS. The molecule has 1 aromatic heterocycles. The third-order valence-corrected chi connectivity index (χ3v) is 13.4. The topological polar surface area (TPSA) is 3.24 Å². The fourth-order valence-electron chi connectivity index (χ4n) is 9.82. The van der Waals surface area contributed by atoms with Crippen molar-refractivity contribution in [3.8, 4) is 22.3 Å². The third kappa shape index (κ3) is 4.20. The molecule has 256 valence electrons. The number of hydrogen-bond donors (Lipinski definition) is 0. The van der Waals surface area contributed by atoms with Gasteiger partial charge in [0.05, 0.1) is 15.8 Å². The average Bonchev–Trinajstić information content (AvgIpc) is 3.76. The van der Waals surface area contributed by atoms with E-state index < -0.39 is 5.41 Å². The lowest BCUT2D eigenvalue weighted by molar-refractivity contribution is 0.563. The van der Waals surface area contributed by atoms with Gasteiger partial charge in [-0.25, -0.2) is 0 Å². The van der Waals surface area contributed by atoms with E-state index in [2.05, 4.69) is 207 Å². The van der Waals surface area contributed by atoms with Gasteiger partial charge >= 0.3 is 0 Å². The lowest BCUT2D eigenvalue weighted by atomic mass is 9.55. The lowest BCUT2D eigenvalue weighted by Gasteiger charge is -2.46. The van der Waals surface area contributed by atoms with E-state index >= 15 is 0 Å². The van der Waals surface area contributed by atoms with E-state index in [0.29, 0.717) is 0 Å². The van der Waals surface area contributed by atoms with Gasteiger partial charge in [-0.1, -0.05) is 166 Å². The zero-order valence-electron chi connectivity index (χ0n) is 30.3. The maximum Gasteiger partial charge on any atom is 0.0719 e. The maximum atomic E-state index is 2.53. The van der Waals surface area contributed by atoms with Crippen LogP contribution in [0.15, 0.2) is 188 Å². The summed E-state index contributed by atoms with van der Waals surface area (Å²) in [7, 11) is 0. The second-order valence-electron chi connectivity index (χ2n) is 15.2. The van der Waals surface area contributed by atoms with Gasteiger partial charge in [-0.05, 0) is 92.0 Å². The van der Waals surface area contributed by atoms with Crippen molar-refractivity contribution in [2.45, 2.75) is 24.7 Å². The van der Waals surface area contributed by atoms with Crippen molar-refractivity contribution in [1.29, 1.82) is 0 Å². The average molecular weight is 708 g/mol. The van der Waals surface area contributed by atoms with Crippen molar-refractivity contribution in [1.82, 2.24) is 0 Å². The molecule has 9 aromatic rings. The smallest absolute Gasteiger partial charge is 0.0719 e. The van der Waals surface area contributed by atoms with Gasteiger partial charge in [0.25, 0.3) is 0 Å². The summed E-state index contributed by atoms with van der Waals surface area (Å²) in [4.78, 5) is 2.40. The molecule has 1 spiro atoms. The predicted octanol–water partition coefficient (Wildman–Crippen LogP) is 14.2. The highest BCUT2D eigenvalue weighted by molar-refractivity contribution is 7.27. The number of rotatable bonds is 4. The first-order valence-electron chi connectivity index (χ1n) is 18.9. The van der Waals surface area contributed by atoms with E-state index in [1.54, 1.807) is 0 Å². The van der Waals surface area contributed by atoms with E-state index in [9.17, 15) is 0 Å². The van der Waals surface area contributed by atoms with Crippen LogP contribution < -0.4 is 4.90 Å². The molecule has 0 amide bonds. The molecule has 2 heteroatoms. The zero-order valence-corrected chi connectivity index (χ0v) is 31.1. The molecule has 1 heterocycles. The SMILES string of the molecule is CC1(C)c2ccccc2C2(c3ccccc3-c3ccc(-c4cccc5c4sc4c(N(c6ccccc6)c6ccccc6)cccc45)cc32)c2ccccc21. The predicted molar refractivity (Wildman–Crippen MR) is 229 cm³/mol. The molecule has 0 radical (unpaired) electrons. The van der Waals surface area contributed by atoms with Gasteiger partial charge in [-0.15, -0.1) is 11.3 Å². The second-order valence-corrected chi connectivity index (χ2v) is 16.2. The van der Waals surface area contributed by atoms with E-state index in [0.717, 1.165) is 11.4 Å². The van der Waals surface area contributed by atoms with Crippen molar-refractivity contribution in [2.24, 2.45) is 0 Å². The highest BCUT2D eigenvalue weighted by Gasteiger charge is 2.53. The van der Waals surface area contributed by atoms with E-state index in [1.807, 2.05) is 11.3 Å². The minimum atomic E-state index is -0.419. The van der Waals surface area contributed by atoms with Gasteiger partial charge < -0.3 is 4.90 Å². The Morgan fingerprint density at radius 1 is 0.389 bits per heavy atom. The number of nitrogens with zero attached hydrogens (tertiary/aromatic N) is 1. The summed E-state index contributed by atoms with van der Waals surface area (Å²) in [6.45, 7) is 4.78. The number of hydrogen-bond acceptors (Lipinski definition) is 2. The van der Waals surface area contributed by atoms with Crippen LogP contribution in [0.3, 0.4) is 0 Å². The molecule has 0 N–H and O–H groups in total. The van der Waals surface area contributed by atoms with Crippen LogP contribution in [0, 0.1) is 0 Å². The fraction of sp³-hybridized carbons (Fsp3) is 0.0769. The Balaban J connectivity index is 1.17. The molecule has 11 rings (SSSR count). The maximum absolute atomic E-state index is 2.53. The summed E-state index contributed by atoms with van der Waals surface area (Å²) < 4.78 is 2.60. The van der Waals surface area contributed by atoms with Crippen LogP contribution in [0.2, 0.25) is 0 Å². The van der Waals surface area contributed by atoms with Gasteiger partial charge in [0.2, 0.25) is 0 Å². The first-order valence-corrected chi connectivity index (χ1v) is 19.7. The molecule has 2 aliphatic rings. The van der Waals surface area contributed by atoms with E-state index in [1.165, 1.54) is 81.5 Å². The number of para-hydroxylation sites is 2. The molecule has 0 saturated carbocycles. The molecule has 2 aliphatic carbocycles. The van der Waals surface area contributed by atoms with Crippen molar-refractivity contribution in [3.05, 3.63) is 221 Å². The Morgan fingerprint density at radius 3 is 1.54 bits per heavy atom. The molecule has 0 atom stereocenters. The number of fused-ring (bicyclic) bond motifs is 12. The van der Waals surface area contributed by atoms with Crippen LogP contribution in [0.4, 0.5) is 17.1 Å². The quantitative estimate of drug-likeness (QED) is 0.176. The third-order valence-electron chi connectivity index (χ3n) is 12.1. The minimum Gasteiger partial charge on any atom is -0.309 e. The van der Waals surface area contributed by atoms with Crippen molar-refractivity contribution < 1.29 is 0 Å². The molecule has 0 saturated heterocycles. The monoisotopic (exact) mass is 707 g/mol. The Morgan fingerprint density at radius 2 is 0.889 bits per heavy atom. The van der Waals surface area contributed by atoms with Gasteiger partial charge in [0, 0.05) is 32.3 Å². The van der Waals surface area contributed by atoms with Crippen molar-refractivity contribution >= 4 is 48.6 Å². The molecule has 0 bridgehead atoms.